The smallest absolute Gasteiger partial charge is 0.307 e. The summed E-state index contributed by atoms with van der Waals surface area (Å²) in [6, 6.07) is 7.59. The maximum atomic E-state index is 12.2. The highest BCUT2D eigenvalue weighted by molar-refractivity contribution is 6.06. The minimum absolute atomic E-state index is 0.0526. The molecule has 1 aromatic carbocycles. The predicted octanol–water partition coefficient (Wildman–Crippen LogP) is 1.87. The number of carbonyl (C=O) groups is 2. The Balaban J connectivity index is 1.45. The van der Waals surface area contributed by atoms with Crippen molar-refractivity contribution < 1.29 is 19.1 Å². The maximum absolute atomic E-state index is 12.2. The van der Waals surface area contributed by atoms with Crippen molar-refractivity contribution in [3.8, 4) is 0 Å². The SMILES string of the molecule is CC1(COC(=O)CCNC(=O)c2c[nH]c3ccccc23)COC1. The zero-order chi connectivity index (χ0) is 16.3. The van der Waals surface area contributed by atoms with Crippen molar-refractivity contribution in [1.82, 2.24) is 10.3 Å². The van der Waals surface area contributed by atoms with Crippen molar-refractivity contribution in [2.75, 3.05) is 26.4 Å². The van der Waals surface area contributed by atoms with Crippen LogP contribution in [0.5, 0.6) is 0 Å². The number of H-pyrrole nitrogens is 1. The minimum Gasteiger partial charge on any atom is -0.465 e. The van der Waals surface area contributed by atoms with Gasteiger partial charge >= 0.3 is 5.97 Å². The van der Waals surface area contributed by atoms with Crippen LogP contribution in [-0.4, -0.2) is 43.2 Å². The molecule has 1 fully saturated rings. The maximum Gasteiger partial charge on any atom is 0.307 e. The summed E-state index contributed by atoms with van der Waals surface area (Å²) in [6.07, 6.45) is 1.83. The van der Waals surface area contributed by atoms with Crippen LogP contribution < -0.4 is 5.32 Å². The highest BCUT2D eigenvalue weighted by Gasteiger charge is 2.34. The fraction of sp³-hybridized carbons (Fsp3) is 0.412. The van der Waals surface area contributed by atoms with Crippen LogP contribution in [-0.2, 0) is 14.3 Å². The molecule has 0 aliphatic carbocycles. The van der Waals surface area contributed by atoms with E-state index >= 15 is 0 Å². The fourth-order valence-electron chi connectivity index (χ4n) is 2.49. The fourth-order valence-corrected chi connectivity index (χ4v) is 2.49. The number of rotatable bonds is 6. The molecule has 0 atom stereocenters. The van der Waals surface area contributed by atoms with Gasteiger partial charge in [0.1, 0.15) is 6.61 Å². The van der Waals surface area contributed by atoms with E-state index in [0.717, 1.165) is 10.9 Å². The van der Waals surface area contributed by atoms with Crippen LogP contribution in [0, 0.1) is 5.41 Å². The van der Waals surface area contributed by atoms with Crippen LogP contribution in [0.15, 0.2) is 30.5 Å². The Bertz CT molecular complexity index is 718. The molecule has 1 aliphatic heterocycles. The number of aromatic nitrogens is 1. The molecule has 1 saturated heterocycles. The van der Waals surface area contributed by atoms with Gasteiger partial charge < -0.3 is 19.8 Å². The van der Waals surface area contributed by atoms with E-state index < -0.39 is 0 Å². The Hall–Kier alpha value is -2.34. The van der Waals surface area contributed by atoms with Crippen LogP contribution in [0.3, 0.4) is 0 Å². The summed E-state index contributed by atoms with van der Waals surface area (Å²) in [5, 5.41) is 3.61. The molecule has 0 bridgehead atoms. The second-order valence-electron chi connectivity index (χ2n) is 6.22. The van der Waals surface area contributed by atoms with E-state index in [1.165, 1.54) is 0 Å². The number of amides is 1. The monoisotopic (exact) mass is 316 g/mol. The normalized spacial score (nSPS) is 15.9. The first kappa shape index (κ1) is 15.6. The summed E-state index contributed by atoms with van der Waals surface area (Å²) in [7, 11) is 0. The van der Waals surface area contributed by atoms with Crippen molar-refractivity contribution in [1.29, 1.82) is 0 Å². The Morgan fingerprint density at radius 3 is 2.87 bits per heavy atom. The Labute approximate surface area is 134 Å². The molecule has 0 radical (unpaired) electrons. The highest BCUT2D eigenvalue weighted by atomic mass is 16.5. The second kappa shape index (κ2) is 6.42. The number of carbonyl (C=O) groups excluding carboxylic acids is 2. The number of para-hydroxylation sites is 1. The van der Waals surface area contributed by atoms with Crippen LogP contribution >= 0.6 is 0 Å². The van der Waals surface area contributed by atoms with Crippen LogP contribution in [0.25, 0.3) is 10.9 Å². The molecule has 6 nitrogen and oxygen atoms in total. The Morgan fingerprint density at radius 1 is 1.35 bits per heavy atom. The van der Waals surface area contributed by atoms with Gasteiger partial charge in [0.15, 0.2) is 0 Å². The average Bonchev–Trinajstić information content (AvgIpc) is 2.95. The first-order chi connectivity index (χ1) is 11.1. The summed E-state index contributed by atoms with van der Waals surface area (Å²) in [5.41, 5.74) is 1.43. The van der Waals surface area contributed by atoms with E-state index in [1.807, 2.05) is 31.2 Å². The summed E-state index contributed by atoms with van der Waals surface area (Å²) in [4.78, 5) is 26.9. The van der Waals surface area contributed by atoms with Gasteiger partial charge in [0, 0.05) is 29.1 Å². The molecule has 6 heteroatoms. The zero-order valence-corrected chi connectivity index (χ0v) is 13.1. The standard InChI is InChI=1S/C17H20N2O4/c1-17(9-22-10-17)11-23-15(20)6-7-18-16(21)13-8-19-14-5-3-2-4-12(13)14/h2-5,8,19H,6-7,9-11H2,1H3,(H,18,21). The topological polar surface area (TPSA) is 80.4 Å². The number of hydrogen-bond donors (Lipinski definition) is 2. The number of hydrogen-bond acceptors (Lipinski definition) is 4. The Kier molecular flexibility index (Phi) is 4.34. The lowest BCUT2D eigenvalue weighted by atomic mass is 9.90. The third-order valence-corrected chi connectivity index (χ3v) is 3.93. The van der Waals surface area contributed by atoms with Crippen molar-refractivity contribution in [3.05, 3.63) is 36.0 Å². The largest absolute Gasteiger partial charge is 0.465 e. The summed E-state index contributed by atoms with van der Waals surface area (Å²) in [5.74, 6) is -0.507. The van der Waals surface area contributed by atoms with E-state index in [-0.39, 0.29) is 30.3 Å². The van der Waals surface area contributed by atoms with E-state index in [4.69, 9.17) is 9.47 Å². The van der Waals surface area contributed by atoms with Crippen molar-refractivity contribution in [2.24, 2.45) is 5.41 Å². The highest BCUT2D eigenvalue weighted by Crippen LogP contribution is 2.26. The van der Waals surface area contributed by atoms with Crippen LogP contribution in [0.4, 0.5) is 0 Å². The van der Waals surface area contributed by atoms with E-state index in [1.54, 1.807) is 6.20 Å². The lowest BCUT2D eigenvalue weighted by Crippen LogP contribution is -2.44. The third kappa shape index (κ3) is 3.53. The third-order valence-electron chi connectivity index (χ3n) is 3.93. The summed E-state index contributed by atoms with van der Waals surface area (Å²) in [6.45, 7) is 3.88. The van der Waals surface area contributed by atoms with E-state index in [0.29, 0.717) is 25.4 Å². The zero-order valence-electron chi connectivity index (χ0n) is 13.1. The van der Waals surface area contributed by atoms with Gasteiger partial charge in [-0.2, -0.15) is 0 Å². The Morgan fingerprint density at radius 2 is 2.13 bits per heavy atom. The molecule has 2 N–H and O–H groups in total. The number of aromatic amines is 1. The summed E-state index contributed by atoms with van der Waals surface area (Å²) < 4.78 is 10.3. The number of fused-ring (bicyclic) bond motifs is 1. The van der Waals surface area contributed by atoms with Crippen LogP contribution in [0.1, 0.15) is 23.7 Å². The summed E-state index contributed by atoms with van der Waals surface area (Å²) >= 11 is 0. The lowest BCUT2D eigenvalue weighted by Gasteiger charge is -2.37. The van der Waals surface area contributed by atoms with Crippen molar-refractivity contribution >= 4 is 22.8 Å². The average molecular weight is 316 g/mol. The molecule has 0 spiro atoms. The minimum atomic E-state index is -0.308. The second-order valence-corrected chi connectivity index (χ2v) is 6.22. The number of benzene rings is 1. The van der Waals surface area contributed by atoms with E-state index in [9.17, 15) is 9.59 Å². The number of ether oxygens (including phenoxy) is 2. The van der Waals surface area contributed by atoms with Gasteiger partial charge in [0.2, 0.25) is 0 Å². The molecule has 23 heavy (non-hydrogen) atoms. The molecule has 1 aromatic heterocycles. The number of esters is 1. The van der Waals surface area contributed by atoms with E-state index in [2.05, 4.69) is 10.3 Å². The quantitative estimate of drug-likeness (QED) is 0.797. The molecule has 3 rings (SSSR count). The van der Waals surface area contributed by atoms with Gasteiger partial charge in [0.05, 0.1) is 25.2 Å². The van der Waals surface area contributed by atoms with Gasteiger partial charge in [-0.1, -0.05) is 25.1 Å². The van der Waals surface area contributed by atoms with Gasteiger partial charge in [-0.25, -0.2) is 0 Å². The molecule has 0 saturated carbocycles. The van der Waals surface area contributed by atoms with Crippen LogP contribution in [0.2, 0.25) is 0 Å². The molecular weight excluding hydrogens is 296 g/mol. The first-order valence-corrected chi connectivity index (χ1v) is 7.65. The van der Waals surface area contributed by atoms with Gasteiger partial charge in [-0.3, -0.25) is 9.59 Å². The molecular formula is C17H20N2O4. The molecule has 122 valence electrons. The first-order valence-electron chi connectivity index (χ1n) is 7.65. The van der Waals surface area contributed by atoms with Gasteiger partial charge in [-0.05, 0) is 6.07 Å². The predicted molar refractivity (Wildman–Crippen MR) is 85.1 cm³/mol. The lowest BCUT2D eigenvalue weighted by molar-refractivity contribution is -0.165. The van der Waals surface area contributed by atoms with Gasteiger partial charge in [-0.15, -0.1) is 0 Å². The molecule has 2 aromatic rings. The van der Waals surface area contributed by atoms with Crippen molar-refractivity contribution in [2.45, 2.75) is 13.3 Å². The molecule has 0 unspecified atom stereocenters. The van der Waals surface area contributed by atoms with Gasteiger partial charge in [0.25, 0.3) is 5.91 Å². The molecule has 1 aliphatic rings. The molecule has 2 heterocycles. The van der Waals surface area contributed by atoms with Crippen molar-refractivity contribution in [3.63, 3.8) is 0 Å². The molecule has 1 amide bonds. The number of nitrogens with one attached hydrogen (secondary N) is 2.